The molecule has 2 aromatic heterocycles. The third kappa shape index (κ3) is 3.67. The number of nitrogens with two attached hydrogens (primary N) is 1. The number of halogens is 2. The molecule has 2 heterocycles. The van der Waals surface area contributed by atoms with E-state index in [0.717, 1.165) is 23.1 Å². The first kappa shape index (κ1) is 20.4. The van der Waals surface area contributed by atoms with Gasteiger partial charge in [0.15, 0.2) is 5.78 Å². The van der Waals surface area contributed by atoms with Crippen molar-refractivity contribution in [2.45, 2.75) is 26.3 Å². The van der Waals surface area contributed by atoms with Gasteiger partial charge in [0.2, 0.25) is 5.78 Å². The van der Waals surface area contributed by atoms with Gasteiger partial charge in [0.25, 0.3) is 0 Å². The second-order valence-corrected chi connectivity index (χ2v) is 8.77. The molecule has 27 heavy (non-hydrogen) atoms. The van der Waals surface area contributed by atoms with E-state index in [4.69, 9.17) is 28.9 Å². The molecule has 5 nitrogen and oxygen atoms in total. The van der Waals surface area contributed by atoms with Crippen molar-refractivity contribution >= 4 is 57.8 Å². The van der Waals surface area contributed by atoms with Crippen LogP contribution in [0.3, 0.4) is 0 Å². The van der Waals surface area contributed by atoms with Crippen molar-refractivity contribution in [3.63, 3.8) is 0 Å². The van der Waals surface area contributed by atoms with Crippen molar-refractivity contribution in [3.8, 4) is 0 Å². The zero-order valence-electron chi connectivity index (χ0n) is 14.6. The number of nitrogens with zero attached hydrogens (tertiary/aromatic N) is 2. The molecule has 3 atom stereocenters. The highest BCUT2D eigenvalue weighted by Crippen LogP contribution is 2.46. The summed E-state index contributed by atoms with van der Waals surface area (Å²) in [7, 11) is 0. The van der Waals surface area contributed by atoms with E-state index in [0.29, 0.717) is 21.7 Å². The average Bonchev–Trinajstić information content (AvgIpc) is 3.28. The average molecular weight is 442 g/mol. The lowest BCUT2D eigenvalue weighted by Crippen LogP contribution is -2.43. The molecule has 0 fully saturated rings. The Kier molecular flexibility index (Phi) is 5.98. The van der Waals surface area contributed by atoms with E-state index >= 15 is 0 Å². The molecule has 0 bridgehead atoms. The molecule has 0 saturated heterocycles. The van der Waals surface area contributed by atoms with Gasteiger partial charge in [-0.25, -0.2) is 0 Å². The van der Waals surface area contributed by atoms with Crippen molar-refractivity contribution < 1.29 is 9.59 Å². The van der Waals surface area contributed by atoms with Crippen molar-refractivity contribution in [3.05, 3.63) is 56.0 Å². The first-order valence-electron chi connectivity index (χ1n) is 8.30. The maximum atomic E-state index is 13.6. The van der Waals surface area contributed by atoms with Crippen LogP contribution < -0.4 is 5.73 Å². The standard InChI is InChI=1S/C18H17Cl2N3O2S2/c1-3-9(2)18(17(25)13-8-15(20)23-27-13)5-4-10(21)6-11(18)16(24)12-7-14(19)22-26-12/h4-10H,3,21H2,1-2H3. The van der Waals surface area contributed by atoms with Gasteiger partial charge in [-0.3, -0.25) is 9.59 Å². The zero-order valence-corrected chi connectivity index (χ0v) is 17.8. The molecule has 3 rings (SSSR count). The van der Waals surface area contributed by atoms with E-state index in [9.17, 15) is 9.59 Å². The second-order valence-electron chi connectivity index (χ2n) is 6.38. The lowest BCUT2D eigenvalue weighted by molar-refractivity contribution is 0.0792. The van der Waals surface area contributed by atoms with Crippen molar-refractivity contribution in [1.82, 2.24) is 8.75 Å². The predicted molar refractivity (Wildman–Crippen MR) is 110 cm³/mol. The van der Waals surface area contributed by atoms with Gasteiger partial charge in [-0.05, 0) is 41.1 Å². The van der Waals surface area contributed by atoms with E-state index in [-0.39, 0.29) is 27.8 Å². The Hall–Kier alpha value is -1.38. The first-order chi connectivity index (χ1) is 12.8. The highest BCUT2D eigenvalue weighted by Gasteiger charge is 2.49. The van der Waals surface area contributed by atoms with Crippen molar-refractivity contribution in [2.75, 3.05) is 0 Å². The van der Waals surface area contributed by atoms with E-state index in [2.05, 4.69) is 8.75 Å². The second kappa shape index (κ2) is 7.93. The molecule has 9 heteroatoms. The van der Waals surface area contributed by atoms with Crippen LogP contribution in [0.2, 0.25) is 10.3 Å². The molecule has 1 aliphatic carbocycles. The lowest BCUT2D eigenvalue weighted by Gasteiger charge is -2.38. The summed E-state index contributed by atoms with van der Waals surface area (Å²) < 4.78 is 7.97. The Morgan fingerprint density at radius 1 is 1.22 bits per heavy atom. The third-order valence-electron chi connectivity index (χ3n) is 4.81. The van der Waals surface area contributed by atoms with Crippen molar-refractivity contribution in [2.24, 2.45) is 17.1 Å². The first-order valence-corrected chi connectivity index (χ1v) is 10.6. The smallest absolute Gasteiger partial charge is 0.201 e. The van der Waals surface area contributed by atoms with Crippen LogP contribution in [0.15, 0.2) is 35.9 Å². The minimum atomic E-state index is -1.14. The number of ketones is 2. The van der Waals surface area contributed by atoms with Crippen LogP contribution in [-0.2, 0) is 0 Å². The summed E-state index contributed by atoms with van der Waals surface area (Å²) in [5.74, 6) is -0.642. The third-order valence-corrected chi connectivity index (χ3v) is 6.97. The molecule has 0 spiro atoms. The number of hydrogen-bond acceptors (Lipinski definition) is 7. The number of carbonyl (C=O) groups is 2. The van der Waals surface area contributed by atoms with Crippen LogP contribution in [0.1, 0.15) is 39.6 Å². The molecule has 2 N–H and O–H groups in total. The van der Waals surface area contributed by atoms with E-state index in [1.54, 1.807) is 18.2 Å². The molecule has 0 amide bonds. The summed E-state index contributed by atoms with van der Waals surface area (Å²) in [4.78, 5) is 27.7. The Labute approximate surface area is 175 Å². The normalized spacial score (nSPS) is 23.1. The van der Waals surface area contributed by atoms with E-state index in [1.165, 1.54) is 12.1 Å². The van der Waals surface area contributed by atoms with Gasteiger partial charge in [-0.1, -0.05) is 61.7 Å². The molecule has 3 unspecified atom stereocenters. The lowest BCUT2D eigenvalue weighted by atomic mass is 9.62. The zero-order chi connectivity index (χ0) is 19.8. The SMILES string of the molecule is CCC(C)C1(C(=O)c2cc(Cl)ns2)C=CC(N)C=C1C(=O)c1cc(Cl)ns1. The number of aromatic nitrogens is 2. The molecule has 0 radical (unpaired) electrons. The Bertz CT molecular complexity index is 950. The largest absolute Gasteiger partial charge is 0.321 e. The fourth-order valence-electron chi connectivity index (χ4n) is 3.23. The topological polar surface area (TPSA) is 85.9 Å². The molecule has 2 aromatic rings. The summed E-state index contributed by atoms with van der Waals surface area (Å²) in [5, 5.41) is 0.500. The molecule has 1 aliphatic rings. The summed E-state index contributed by atoms with van der Waals surface area (Å²) in [5.41, 5.74) is 5.26. The predicted octanol–water partition coefficient (Wildman–Crippen LogP) is 4.83. The monoisotopic (exact) mass is 441 g/mol. The summed E-state index contributed by atoms with van der Waals surface area (Å²) in [6.45, 7) is 3.93. The Morgan fingerprint density at radius 3 is 2.33 bits per heavy atom. The van der Waals surface area contributed by atoms with Crippen LogP contribution in [0.4, 0.5) is 0 Å². The van der Waals surface area contributed by atoms with Crippen LogP contribution in [0.25, 0.3) is 0 Å². The maximum absolute atomic E-state index is 13.6. The Morgan fingerprint density at radius 2 is 1.81 bits per heavy atom. The summed E-state index contributed by atoms with van der Waals surface area (Å²) >= 11 is 13.9. The summed E-state index contributed by atoms with van der Waals surface area (Å²) in [6.07, 6.45) is 5.86. The van der Waals surface area contributed by atoms with Gasteiger partial charge in [0.05, 0.1) is 15.2 Å². The number of Topliss-reactive ketones (excluding diaryl/α,β-unsaturated/α-hetero) is 2. The molecule has 0 aromatic carbocycles. The minimum absolute atomic E-state index is 0.145. The van der Waals surface area contributed by atoms with Gasteiger partial charge in [-0.15, -0.1) is 0 Å². The fourth-order valence-corrected chi connectivity index (χ4v) is 5.04. The van der Waals surface area contributed by atoms with Gasteiger partial charge in [-0.2, -0.15) is 8.75 Å². The van der Waals surface area contributed by atoms with Crippen LogP contribution in [-0.4, -0.2) is 26.4 Å². The van der Waals surface area contributed by atoms with Gasteiger partial charge in [0, 0.05) is 11.6 Å². The highest BCUT2D eigenvalue weighted by molar-refractivity contribution is 7.09. The fraction of sp³-hybridized carbons (Fsp3) is 0.333. The van der Waals surface area contributed by atoms with E-state index in [1.807, 2.05) is 13.8 Å². The van der Waals surface area contributed by atoms with Crippen LogP contribution in [0, 0.1) is 11.3 Å². The molecular formula is C18H17Cl2N3O2S2. The number of hydrogen-bond donors (Lipinski definition) is 1. The van der Waals surface area contributed by atoms with Crippen LogP contribution >= 0.6 is 46.3 Å². The number of allylic oxidation sites excluding steroid dienone is 2. The molecule has 142 valence electrons. The number of carbonyl (C=O) groups excluding carboxylic acids is 2. The van der Waals surface area contributed by atoms with Gasteiger partial charge in [0.1, 0.15) is 10.3 Å². The molecule has 0 aliphatic heterocycles. The van der Waals surface area contributed by atoms with Crippen LogP contribution in [0.5, 0.6) is 0 Å². The molecular weight excluding hydrogens is 425 g/mol. The highest BCUT2D eigenvalue weighted by atomic mass is 35.5. The van der Waals surface area contributed by atoms with Gasteiger partial charge < -0.3 is 5.73 Å². The summed E-state index contributed by atoms with van der Waals surface area (Å²) in [6, 6.07) is 2.59. The Balaban J connectivity index is 2.17. The van der Waals surface area contributed by atoms with E-state index < -0.39 is 11.5 Å². The molecule has 0 saturated carbocycles. The maximum Gasteiger partial charge on any atom is 0.201 e. The van der Waals surface area contributed by atoms with Gasteiger partial charge >= 0.3 is 0 Å². The minimum Gasteiger partial charge on any atom is -0.321 e. The quantitative estimate of drug-likeness (QED) is 0.512. The van der Waals surface area contributed by atoms with Crippen molar-refractivity contribution in [1.29, 1.82) is 0 Å². The number of rotatable bonds is 6.